The zero-order valence-corrected chi connectivity index (χ0v) is 28.7. The Morgan fingerprint density at radius 3 is 1.86 bits per heavy atom. The van der Waals surface area contributed by atoms with Gasteiger partial charge in [0.2, 0.25) is 0 Å². The Kier molecular flexibility index (Phi) is 21.9. The lowest BCUT2D eigenvalue weighted by Crippen LogP contribution is -2.19. The van der Waals surface area contributed by atoms with Crippen molar-refractivity contribution in [3.05, 3.63) is 132 Å². The zero-order chi connectivity index (χ0) is 32.3. The van der Waals surface area contributed by atoms with E-state index >= 15 is 0 Å². The van der Waals surface area contributed by atoms with Gasteiger partial charge in [-0.2, -0.15) is 0 Å². The van der Waals surface area contributed by atoms with Crippen LogP contribution in [-0.2, 0) is 9.53 Å². The fourth-order valence-corrected chi connectivity index (χ4v) is 4.88. The second-order valence-electron chi connectivity index (χ2n) is 12.1. The first kappa shape index (κ1) is 38.6. The topological polar surface area (TPSA) is 26.3 Å². The molecule has 0 saturated heterocycles. The summed E-state index contributed by atoms with van der Waals surface area (Å²) in [5, 5.41) is 0. The maximum Gasteiger partial charge on any atom is 0.306 e. The smallest absolute Gasteiger partial charge is 0.306 e. The van der Waals surface area contributed by atoms with Crippen LogP contribution >= 0.6 is 0 Å². The van der Waals surface area contributed by atoms with Crippen LogP contribution in [0.2, 0.25) is 0 Å². The molecule has 0 radical (unpaired) electrons. The SMILES string of the molecule is CC/C=C\C/C=C\C/C=C\C/C=C\C/C=C\C/C=C\CCC(=O)OC/C=C(C)/C=C/C=C(C)/C=C/C1=C(C)CCCC1(C)C. The third-order valence-corrected chi connectivity index (χ3v) is 7.53. The lowest BCUT2D eigenvalue weighted by molar-refractivity contribution is -0.142. The monoisotopic (exact) mass is 596 g/mol. The normalized spacial score (nSPS) is 17.1. The second-order valence-corrected chi connectivity index (χ2v) is 12.1. The highest BCUT2D eigenvalue weighted by Crippen LogP contribution is 2.40. The molecule has 2 nitrogen and oxygen atoms in total. The van der Waals surface area contributed by atoms with Crippen LogP contribution in [0.15, 0.2) is 132 Å². The second kappa shape index (κ2) is 25.0. The van der Waals surface area contributed by atoms with Gasteiger partial charge in [-0.15, -0.1) is 0 Å². The van der Waals surface area contributed by atoms with Gasteiger partial charge in [0.1, 0.15) is 6.61 Å². The molecule has 0 heterocycles. The first-order valence-corrected chi connectivity index (χ1v) is 16.7. The highest BCUT2D eigenvalue weighted by Gasteiger charge is 2.26. The number of carbonyl (C=O) groups is 1. The van der Waals surface area contributed by atoms with E-state index in [2.05, 4.69) is 138 Å². The molecule has 240 valence electrons. The van der Waals surface area contributed by atoms with Crippen LogP contribution in [0.3, 0.4) is 0 Å². The summed E-state index contributed by atoms with van der Waals surface area (Å²) in [7, 11) is 0. The first-order valence-electron chi connectivity index (χ1n) is 16.7. The van der Waals surface area contributed by atoms with Crippen molar-refractivity contribution in [2.24, 2.45) is 5.41 Å². The maximum atomic E-state index is 12.0. The molecule has 0 amide bonds. The summed E-state index contributed by atoms with van der Waals surface area (Å²) >= 11 is 0. The van der Waals surface area contributed by atoms with E-state index in [1.54, 1.807) is 0 Å². The predicted molar refractivity (Wildman–Crippen MR) is 195 cm³/mol. The van der Waals surface area contributed by atoms with Crippen LogP contribution in [0.25, 0.3) is 0 Å². The Labute approximate surface area is 270 Å². The summed E-state index contributed by atoms with van der Waals surface area (Å²) in [5.74, 6) is -0.159. The third-order valence-electron chi connectivity index (χ3n) is 7.53. The molecule has 1 aliphatic carbocycles. The Morgan fingerprint density at radius 2 is 1.32 bits per heavy atom. The maximum absolute atomic E-state index is 12.0. The quantitative estimate of drug-likeness (QED) is 0.0794. The molecule has 1 rings (SSSR count). The number of carbonyl (C=O) groups excluding carboxylic acids is 1. The Balaban J connectivity index is 2.17. The van der Waals surface area contributed by atoms with Gasteiger partial charge in [0.25, 0.3) is 0 Å². The lowest BCUT2D eigenvalue weighted by Gasteiger charge is -2.32. The third kappa shape index (κ3) is 20.5. The molecule has 0 aromatic rings. The summed E-state index contributed by atoms with van der Waals surface area (Å²) in [6.45, 7) is 13.6. The van der Waals surface area contributed by atoms with Gasteiger partial charge in [0.15, 0.2) is 0 Å². The molecule has 0 aromatic carbocycles. The van der Waals surface area contributed by atoms with E-state index in [4.69, 9.17) is 4.74 Å². The van der Waals surface area contributed by atoms with Gasteiger partial charge in [0.05, 0.1) is 0 Å². The Hall–Kier alpha value is -3.39. The molecule has 0 spiro atoms. The van der Waals surface area contributed by atoms with Gasteiger partial charge in [-0.1, -0.05) is 141 Å². The van der Waals surface area contributed by atoms with Crippen molar-refractivity contribution in [2.75, 3.05) is 6.61 Å². The van der Waals surface area contributed by atoms with Crippen LogP contribution in [0.5, 0.6) is 0 Å². The largest absolute Gasteiger partial charge is 0.461 e. The van der Waals surface area contributed by atoms with Gasteiger partial charge in [-0.05, 0) is 102 Å². The van der Waals surface area contributed by atoms with E-state index in [1.165, 1.54) is 36.0 Å². The summed E-state index contributed by atoms with van der Waals surface area (Å²) in [6, 6.07) is 0. The number of esters is 1. The molecule has 0 aromatic heterocycles. The molecule has 0 N–H and O–H groups in total. The van der Waals surface area contributed by atoms with E-state index in [-0.39, 0.29) is 11.4 Å². The molecule has 0 unspecified atom stereocenters. The summed E-state index contributed by atoms with van der Waals surface area (Å²) in [5.41, 5.74) is 5.57. The summed E-state index contributed by atoms with van der Waals surface area (Å²) in [4.78, 5) is 12.0. The summed E-state index contributed by atoms with van der Waals surface area (Å²) < 4.78 is 5.37. The Morgan fingerprint density at radius 1 is 0.773 bits per heavy atom. The van der Waals surface area contributed by atoms with Crippen molar-refractivity contribution in [3.8, 4) is 0 Å². The summed E-state index contributed by atoms with van der Waals surface area (Å²) in [6.07, 6.45) is 49.7. The Bertz CT molecular complexity index is 1150. The molecular weight excluding hydrogens is 536 g/mol. The molecule has 0 aliphatic heterocycles. The highest BCUT2D eigenvalue weighted by atomic mass is 16.5. The molecule has 2 heteroatoms. The number of allylic oxidation sites excluding steroid dienone is 21. The number of hydrogen-bond acceptors (Lipinski definition) is 2. The fourth-order valence-electron chi connectivity index (χ4n) is 4.88. The van der Waals surface area contributed by atoms with Crippen LogP contribution in [0.1, 0.15) is 112 Å². The zero-order valence-electron chi connectivity index (χ0n) is 28.7. The molecule has 0 bridgehead atoms. The standard InChI is InChI=1S/C42H60O2/c1-7-8-9-10-11-12-13-14-15-16-17-18-19-20-21-22-23-24-25-31-41(43)44-36-34-38(3)29-26-28-37(2)32-33-40-39(4)30-27-35-42(40,5)6/h8-9,11-12,14-15,17-18,20-21,23-24,26,28-29,32-34H,7,10,13,16,19,22,25,27,30-31,35-36H2,1-6H3/b9-8-,12-11-,15-14-,18-17-,21-20-,24-23-,29-26+,33-32+,37-28+,38-34+. The minimum absolute atomic E-state index is 0.159. The van der Waals surface area contributed by atoms with Gasteiger partial charge < -0.3 is 4.74 Å². The molecule has 44 heavy (non-hydrogen) atoms. The molecule has 1 aliphatic rings. The van der Waals surface area contributed by atoms with Crippen LogP contribution < -0.4 is 0 Å². The first-order chi connectivity index (χ1) is 21.3. The average molecular weight is 597 g/mol. The van der Waals surface area contributed by atoms with Crippen LogP contribution in [0.4, 0.5) is 0 Å². The van der Waals surface area contributed by atoms with Gasteiger partial charge in [-0.25, -0.2) is 0 Å². The molecular formula is C42H60O2. The minimum Gasteiger partial charge on any atom is -0.461 e. The van der Waals surface area contributed by atoms with Crippen molar-refractivity contribution >= 4 is 5.97 Å². The molecule has 0 atom stereocenters. The number of ether oxygens (including phenoxy) is 1. The van der Waals surface area contributed by atoms with Crippen molar-refractivity contribution in [2.45, 2.75) is 112 Å². The minimum atomic E-state index is -0.159. The highest BCUT2D eigenvalue weighted by molar-refractivity contribution is 5.69. The van der Waals surface area contributed by atoms with Crippen molar-refractivity contribution in [3.63, 3.8) is 0 Å². The number of rotatable bonds is 20. The van der Waals surface area contributed by atoms with E-state index in [1.807, 2.05) is 13.0 Å². The predicted octanol–water partition coefficient (Wildman–Crippen LogP) is 12.5. The van der Waals surface area contributed by atoms with E-state index in [0.717, 1.165) is 44.1 Å². The van der Waals surface area contributed by atoms with E-state index < -0.39 is 0 Å². The fraction of sp³-hybridized carbons (Fsp3) is 0.452. The molecule has 0 saturated carbocycles. The van der Waals surface area contributed by atoms with Crippen molar-refractivity contribution in [1.82, 2.24) is 0 Å². The van der Waals surface area contributed by atoms with E-state index in [0.29, 0.717) is 19.4 Å². The molecule has 0 fully saturated rings. The van der Waals surface area contributed by atoms with Gasteiger partial charge in [0, 0.05) is 6.42 Å². The lowest BCUT2D eigenvalue weighted by atomic mass is 9.72. The number of hydrogen-bond donors (Lipinski definition) is 0. The van der Waals surface area contributed by atoms with Crippen LogP contribution in [-0.4, -0.2) is 12.6 Å². The average Bonchev–Trinajstić information content (AvgIpc) is 2.97. The van der Waals surface area contributed by atoms with Crippen LogP contribution in [0, 0.1) is 5.41 Å². The van der Waals surface area contributed by atoms with E-state index in [9.17, 15) is 4.79 Å². The van der Waals surface area contributed by atoms with Gasteiger partial charge in [-0.3, -0.25) is 4.79 Å². The van der Waals surface area contributed by atoms with Crippen molar-refractivity contribution in [1.29, 1.82) is 0 Å². The van der Waals surface area contributed by atoms with Gasteiger partial charge >= 0.3 is 5.97 Å². The van der Waals surface area contributed by atoms with Crippen molar-refractivity contribution < 1.29 is 9.53 Å².